The summed E-state index contributed by atoms with van der Waals surface area (Å²) in [5.41, 5.74) is 9.09. The number of urea groups is 1. The second-order valence-electron chi connectivity index (χ2n) is 8.42. The minimum Gasteiger partial charge on any atom is -0.335 e. The molecule has 7 nitrogen and oxygen atoms in total. The molecule has 1 saturated carbocycles. The van der Waals surface area contributed by atoms with E-state index in [1.165, 1.54) is 5.69 Å². The number of hydrogen-bond acceptors (Lipinski definition) is 4. The van der Waals surface area contributed by atoms with Crippen molar-refractivity contribution in [2.75, 3.05) is 5.32 Å². The molecule has 4 N–H and O–H groups in total. The van der Waals surface area contributed by atoms with Crippen molar-refractivity contribution < 1.29 is 4.79 Å². The highest BCUT2D eigenvalue weighted by Crippen LogP contribution is 2.39. The highest BCUT2D eigenvalue weighted by atomic mass is 35.5. The Morgan fingerprint density at radius 1 is 1.33 bits per heavy atom. The molecule has 2 aliphatic rings. The third-order valence-electron chi connectivity index (χ3n) is 5.37. The van der Waals surface area contributed by atoms with E-state index in [2.05, 4.69) is 34.6 Å². The molecule has 0 saturated heterocycles. The lowest BCUT2D eigenvalue weighted by Gasteiger charge is -2.15. The van der Waals surface area contributed by atoms with Crippen LogP contribution in [0.25, 0.3) is 11.1 Å². The van der Waals surface area contributed by atoms with E-state index < -0.39 is 0 Å². The van der Waals surface area contributed by atoms with Gasteiger partial charge < -0.3 is 11.1 Å². The maximum atomic E-state index is 12.3. The van der Waals surface area contributed by atoms with Gasteiger partial charge in [-0.2, -0.15) is 5.10 Å². The van der Waals surface area contributed by atoms with Crippen molar-refractivity contribution in [3.63, 3.8) is 0 Å². The zero-order chi connectivity index (χ0) is 19.2. The second-order valence-corrected chi connectivity index (χ2v) is 8.83. The fourth-order valence-electron chi connectivity index (χ4n) is 4.07. The topological polar surface area (TPSA) is 97.9 Å². The van der Waals surface area contributed by atoms with Crippen LogP contribution in [0, 0.1) is 5.41 Å². The van der Waals surface area contributed by atoms with Crippen molar-refractivity contribution in [1.82, 2.24) is 20.1 Å². The van der Waals surface area contributed by atoms with Crippen LogP contribution in [0.3, 0.4) is 0 Å². The van der Waals surface area contributed by atoms with E-state index >= 15 is 0 Å². The summed E-state index contributed by atoms with van der Waals surface area (Å²) in [5, 5.41) is 10.8. The van der Waals surface area contributed by atoms with Gasteiger partial charge in [-0.3, -0.25) is 10.00 Å². The molecule has 0 unspecified atom stereocenters. The number of nitrogens with zero attached hydrogens (tertiary/aromatic N) is 3. The lowest BCUT2D eigenvalue weighted by molar-refractivity contribution is 0.248. The number of pyridine rings is 1. The Bertz CT molecular complexity index is 877. The van der Waals surface area contributed by atoms with Crippen LogP contribution in [0.4, 0.5) is 10.6 Å². The van der Waals surface area contributed by atoms with E-state index in [0.717, 1.165) is 43.4 Å². The van der Waals surface area contributed by atoms with Gasteiger partial charge in [-0.05, 0) is 37.2 Å². The van der Waals surface area contributed by atoms with Crippen LogP contribution in [0.2, 0.25) is 5.02 Å². The lowest BCUT2D eigenvalue weighted by Crippen LogP contribution is -2.37. The molecule has 3 heterocycles. The number of aromatic nitrogens is 3. The molecule has 0 bridgehead atoms. The molecule has 144 valence electrons. The monoisotopic (exact) mass is 388 g/mol. The molecule has 1 aliphatic carbocycles. The van der Waals surface area contributed by atoms with Gasteiger partial charge in [0.1, 0.15) is 5.82 Å². The zero-order valence-electron chi connectivity index (χ0n) is 15.6. The molecule has 4 rings (SSSR count). The minimum absolute atomic E-state index is 0.118. The highest BCUT2D eigenvalue weighted by molar-refractivity contribution is 6.33. The molecule has 0 radical (unpaired) electrons. The Hall–Kier alpha value is -2.12. The molecule has 2 atom stereocenters. The molecule has 1 fully saturated rings. The number of nitrogens with one attached hydrogen (secondary N) is 2. The van der Waals surface area contributed by atoms with Crippen molar-refractivity contribution in [2.24, 2.45) is 11.1 Å². The number of fused-ring (bicyclic) bond motifs is 1. The number of carbonyl (C=O) groups is 1. The highest BCUT2D eigenvalue weighted by Gasteiger charge is 2.32. The quantitative estimate of drug-likeness (QED) is 0.752. The van der Waals surface area contributed by atoms with E-state index in [1.807, 2.05) is 16.9 Å². The van der Waals surface area contributed by atoms with Crippen molar-refractivity contribution >= 4 is 23.4 Å². The van der Waals surface area contributed by atoms with Crippen LogP contribution in [0.15, 0.2) is 18.5 Å². The van der Waals surface area contributed by atoms with Gasteiger partial charge in [-0.1, -0.05) is 25.4 Å². The number of carbonyl (C=O) groups excluding carboxylic acids is 1. The van der Waals surface area contributed by atoms with E-state index in [9.17, 15) is 4.79 Å². The molecular weight excluding hydrogens is 364 g/mol. The maximum absolute atomic E-state index is 12.3. The summed E-state index contributed by atoms with van der Waals surface area (Å²) in [6.45, 7) is 5.35. The first-order valence-electron chi connectivity index (χ1n) is 9.34. The van der Waals surface area contributed by atoms with Crippen molar-refractivity contribution in [3.8, 4) is 11.1 Å². The fraction of sp³-hybridized carbons (Fsp3) is 0.526. The summed E-state index contributed by atoms with van der Waals surface area (Å²) in [6.07, 6.45) is 7.01. The van der Waals surface area contributed by atoms with Crippen LogP contribution < -0.4 is 16.4 Å². The van der Waals surface area contributed by atoms with E-state index in [1.54, 1.807) is 6.20 Å². The average molecular weight is 389 g/mol. The number of hydrogen-bond donors (Lipinski definition) is 3. The molecular formula is C19H25ClN6O. The van der Waals surface area contributed by atoms with Gasteiger partial charge >= 0.3 is 6.03 Å². The smallest absolute Gasteiger partial charge is 0.320 e. The van der Waals surface area contributed by atoms with Gasteiger partial charge in [-0.25, -0.2) is 9.78 Å². The molecule has 8 heteroatoms. The third-order valence-corrected chi connectivity index (χ3v) is 5.67. The van der Waals surface area contributed by atoms with E-state index in [-0.39, 0.29) is 23.5 Å². The molecule has 2 aromatic rings. The van der Waals surface area contributed by atoms with Gasteiger partial charge in [0.05, 0.1) is 11.2 Å². The summed E-state index contributed by atoms with van der Waals surface area (Å²) in [6, 6.07) is 1.83. The van der Waals surface area contributed by atoms with Gasteiger partial charge in [0.2, 0.25) is 0 Å². The summed E-state index contributed by atoms with van der Waals surface area (Å²) >= 11 is 6.41. The average Bonchev–Trinajstić information content (AvgIpc) is 3.23. The standard InChI is InChI=1S/C19H25ClN6O/c1-19(2)7-16-14(8-23-26(16)10-19)13-6-17(22-9-15(13)20)25-18(27)24-12-4-3-11(21)5-12/h6,8-9,11-12H,3-5,7,10,21H2,1-2H3,(H2,22,24,25,27)/t11-,12-/m1/s1. The Labute approximate surface area is 163 Å². The van der Waals surface area contributed by atoms with Gasteiger partial charge in [0, 0.05) is 41.6 Å². The first kappa shape index (κ1) is 18.3. The zero-order valence-corrected chi connectivity index (χ0v) is 16.4. The molecule has 27 heavy (non-hydrogen) atoms. The van der Waals surface area contributed by atoms with Crippen molar-refractivity contribution in [1.29, 1.82) is 0 Å². The van der Waals surface area contributed by atoms with E-state index in [4.69, 9.17) is 17.3 Å². The predicted octanol–water partition coefficient (Wildman–Crippen LogP) is 3.18. The summed E-state index contributed by atoms with van der Waals surface area (Å²) in [7, 11) is 0. The van der Waals surface area contributed by atoms with Crippen LogP contribution >= 0.6 is 11.6 Å². The number of amides is 2. The summed E-state index contributed by atoms with van der Waals surface area (Å²) in [4.78, 5) is 16.5. The van der Waals surface area contributed by atoms with Gasteiger partial charge in [0.25, 0.3) is 0 Å². The second kappa shape index (κ2) is 6.80. The maximum Gasteiger partial charge on any atom is 0.320 e. The molecule has 0 spiro atoms. The number of anilines is 1. The number of nitrogens with two attached hydrogens (primary N) is 1. The SMILES string of the molecule is CC1(C)Cc2c(-c3cc(NC(=O)N[C@@H]4CC[C@@H](N)C4)ncc3Cl)cnn2C1. The molecule has 2 aromatic heterocycles. The molecule has 0 aromatic carbocycles. The first-order chi connectivity index (χ1) is 12.8. The van der Waals surface area contributed by atoms with Crippen LogP contribution in [-0.4, -0.2) is 32.9 Å². The van der Waals surface area contributed by atoms with Crippen LogP contribution in [0.1, 0.15) is 38.8 Å². The molecule has 1 aliphatic heterocycles. The van der Waals surface area contributed by atoms with Crippen molar-refractivity contribution in [2.45, 2.75) is 58.2 Å². The summed E-state index contributed by atoms with van der Waals surface area (Å²) < 4.78 is 2.04. The van der Waals surface area contributed by atoms with E-state index in [0.29, 0.717) is 10.8 Å². The Morgan fingerprint density at radius 2 is 2.15 bits per heavy atom. The largest absolute Gasteiger partial charge is 0.335 e. The van der Waals surface area contributed by atoms with Gasteiger partial charge in [0.15, 0.2) is 0 Å². The normalized spacial score (nSPS) is 23.3. The Kier molecular flexibility index (Phi) is 4.60. The minimum atomic E-state index is -0.267. The summed E-state index contributed by atoms with van der Waals surface area (Å²) in [5.74, 6) is 0.464. The number of rotatable bonds is 3. The fourth-order valence-corrected chi connectivity index (χ4v) is 4.28. The van der Waals surface area contributed by atoms with Crippen LogP contribution in [0.5, 0.6) is 0 Å². The Balaban J connectivity index is 1.52. The first-order valence-corrected chi connectivity index (χ1v) is 9.72. The molecule has 2 amide bonds. The van der Waals surface area contributed by atoms with Crippen molar-refractivity contribution in [3.05, 3.63) is 29.2 Å². The van der Waals surface area contributed by atoms with Gasteiger partial charge in [-0.15, -0.1) is 0 Å². The Morgan fingerprint density at radius 3 is 2.89 bits per heavy atom. The predicted molar refractivity (Wildman–Crippen MR) is 106 cm³/mol. The lowest BCUT2D eigenvalue weighted by atomic mass is 9.89. The van der Waals surface area contributed by atoms with Crippen LogP contribution in [-0.2, 0) is 13.0 Å². The number of halogens is 1. The third kappa shape index (κ3) is 3.80.